The summed E-state index contributed by atoms with van der Waals surface area (Å²) in [6.07, 6.45) is -3.09. The van der Waals surface area contributed by atoms with E-state index >= 15 is 0 Å². The number of alkyl halides is 3. The van der Waals surface area contributed by atoms with Crippen LogP contribution in [0.15, 0.2) is 103 Å². The van der Waals surface area contributed by atoms with Crippen LogP contribution in [0.25, 0.3) is 0 Å². The van der Waals surface area contributed by atoms with Crippen LogP contribution in [0.4, 0.5) is 13.2 Å². The average molecular weight is 595 g/mol. The van der Waals surface area contributed by atoms with E-state index in [1.807, 2.05) is 60.7 Å². The van der Waals surface area contributed by atoms with E-state index in [0.29, 0.717) is 43.9 Å². The Morgan fingerprint density at radius 2 is 1.52 bits per heavy atom. The number of rotatable bonds is 14. The monoisotopic (exact) mass is 594 g/mol. The van der Waals surface area contributed by atoms with Crippen LogP contribution < -0.4 is 10.5 Å². The molecule has 4 aromatic rings. The molecular weight excluding hydrogens is 561 g/mol. The Morgan fingerprint density at radius 3 is 2.14 bits per heavy atom. The minimum absolute atomic E-state index is 0.000158. The molecule has 4 rings (SSSR count). The second-order valence-corrected chi connectivity index (χ2v) is 10.6. The molecule has 0 aliphatic rings. The maximum Gasteiger partial charge on any atom is 0.417 e. The van der Waals surface area contributed by atoms with Crippen LogP contribution in [-0.2, 0) is 23.9 Å². The Kier molecular flexibility index (Phi) is 11.0. The SMILES string of the molecule is NC(=O)CCc1cccc(OCCCN(Cc2cccc(C(F)(F)F)c2Cl)CC(c2ccccc2)c2ccccc2)c1. The highest BCUT2D eigenvalue weighted by Gasteiger charge is 2.34. The molecule has 220 valence electrons. The molecule has 0 atom stereocenters. The van der Waals surface area contributed by atoms with Crippen molar-refractivity contribution in [3.63, 3.8) is 0 Å². The molecule has 42 heavy (non-hydrogen) atoms. The third-order valence-electron chi connectivity index (χ3n) is 7.07. The second-order valence-electron chi connectivity index (χ2n) is 10.2. The molecule has 0 aromatic heterocycles. The number of amides is 1. The number of aryl methyl sites for hydroxylation is 1. The fourth-order valence-electron chi connectivity index (χ4n) is 4.97. The van der Waals surface area contributed by atoms with Gasteiger partial charge < -0.3 is 10.5 Å². The molecule has 0 unspecified atom stereocenters. The Hall–Kier alpha value is -3.81. The van der Waals surface area contributed by atoms with Gasteiger partial charge in [-0.3, -0.25) is 9.69 Å². The van der Waals surface area contributed by atoms with E-state index in [1.165, 1.54) is 6.07 Å². The lowest BCUT2D eigenvalue weighted by Gasteiger charge is -2.29. The number of halogens is 4. The second kappa shape index (κ2) is 14.9. The predicted octanol–water partition coefficient (Wildman–Crippen LogP) is 7.88. The number of carbonyl (C=O) groups excluding carboxylic acids is 1. The number of primary amides is 1. The molecule has 0 saturated carbocycles. The molecule has 2 N–H and O–H groups in total. The third-order valence-corrected chi connectivity index (χ3v) is 7.51. The largest absolute Gasteiger partial charge is 0.494 e. The first-order chi connectivity index (χ1) is 20.2. The van der Waals surface area contributed by atoms with Crippen LogP contribution in [0.5, 0.6) is 5.75 Å². The summed E-state index contributed by atoms with van der Waals surface area (Å²) in [6, 6.07) is 31.8. The summed E-state index contributed by atoms with van der Waals surface area (Å²) in [5, 5.41) is -0.269. The van der Waals surface area contributed by atoms with Crippen molar-refractivity contribution >= 4 is 17.5 Å². The Balaban J connectivity index is 1.52. The summed E-state index contributed by atoms with van der Waals surface area (Å²) < 4.78 is 46.8. The lowest BCUT2D eigenvalue weighted by molar-refractivity contribution is -0.137. The van der Waals surface area contributed by atoms with Gasteiger partial charge in [0.25, 0.3) is 0 Å². The van der Waals surface area contributed by atoms with Crippen LogP contribution >= 0.6 is 11.6 Å². The number of hydrogen-bond acceptors (Lipinski definition) is 3. The molecule has 0 fully saturated rings. The van der Waals surface area contributed by atoms with Gasteiger partial charge in [0, 0.05) is 32.0 Å². The zero-order chi connectivity index (χ0) is 30.0. The lowest BCUT2D eigenvalue weighted by atomic mass is 9.90. The van der Waals surface area contributed by atoms with Crippen molar-refractivity contribution in [3.05, 3.63) is 136 Å². The average Bonchev–Trinajstić information content (AvgIpc) is 2.98. The van der Waals surface area contributed by atoms with Crippen molar-refractivity contribution in [1.82, 2.24) is 4.90 Å². The van der Waals surface area contributed by atoms with Crippen molar-refractivity contribution < 1.29 is 22.7 Å². The first-order valence-corrected chi connectivity index (χ1v) is 14.3. The lowest BCUT2D eigenvalue weighted by Crippen LogP contribution is -2.31. The quantitative estimate of drug-likeness (QED) is 0.151. The molecule has 0 aliphatic heterocycles. The van der Waals surface area contributed by atoms with Crippen molar-refractivity contribution in [3.8, 4) is 5.75 Å². The maximum atomic E-state index is 13.6. The number of nitrogens with two attached hydrogens (primary N) is 1. The van der Waals surface area contributed by atoms with E-state index in [1.54, 1.807) is 6.07 Å². The number of carbonyl (C=O) groups is 1. The van der Waals surface area contributed by atoms with E-state index in [2.05, 4.69) is 29.2 Å². The Morgan fingerprint density at radius 1 is 0.881 bits per heavy atom. The number of benzene rings is 4. The number of hydrogen-bond donors (Lipinski definition) is 1. The molecule has 0 aliphatic carbocycles. The highest BCUT2D eigenvalue weighted by molar-refractivity contribution is 6.32. The first kappa shape index (κ1) is 31.1. The first-order valence-electron chi connectivity index (χ1n) is 13.9. The number of ether oxygens (including phenoxy) is 1. The zero-order valence-corrected chi connectivity index (χ0v) is 24.0. The van der Waals surface area contributed by atoms with Crippen LogP contribution in [0, 0.1) is 0 Å². The normalized spacial score (nSPS) is 11.7. The van der Waals surface area contributed by atoms with Crippen LogP contribution in [0.2, 0.25) is 5.02 Å². The van der Waals surface area contributed by atoms with Gasteiger partial charge in [-0.1, -0.05) is 96.5 Å². The molecule has 4 aromatic carbocycles. The van der Waals surface area contributed by atoms with E-state index in [4.69, 9.17) is 22.1 Å². The minimum Gasteiger partial charge on any atom is -0.494 e. The molecule has 0 saturated heterocycles. The zero-order valence-electron chi connectivity index (χ0n) is 23.2. The summed E-state index contributed by atoms with van der Waals surface area (Å²) >= 11 is 6.31. The summed E-state index contributed by atoms with van der Waals surface area (Å²) in [4.78, 5) is 13.3. The Labute approximate surface area is 249 Å². The van der Waals surface area contributed by atoms with Gasteiger partial charge >= 0.3 is 6.18 Å². The smallest absolute Gasteiger partial charge is 0.417 e. The van der Waals surface area contributed by atoms with Gasteiger partial charge in [-0.25, -0.2) is 0 Å². The van der Waals surface area contributed by atoms with E-state index in [-0.39, 0.29) is 29.8 Å². The molecular formula is C34H34ClF3N2O2. The standard InChI is InChI=1S/C34H34ClF3N2O2/c35-33-28(15-8-17-31(33)34(36,37)38)23-40(20-9-21-42-29-16-7-10-25(22-29)18-19-32(39)41)24-30(26-11-3-1-4-12-26)27-13-5-2-6-14-27/h1-8,10-17,22,30H,9,18-21,23-24H2,(H2,39,41). The van der Waals surface area contributed by atoms with E-state index < -0.39 is 11.7 Å². The van der Waals surface area contributed by atoms with Crippen molar-refractivity contribution in [2.75, 3.05) is 19.7 Å². The van der Waals surface area contributed by atoms with E-state index in [0.717, 1.165) is 22.8 Å². The summed E-state index contributed by atoms with van der Waals surface area (Å²) in [7, 11) is 0. The highest BCUT2D eigenvalue weighted by Crippen LogP contribution is 2.37. The van der Waals surface area contributed by atoms with Gasteiger partial charge in [0.05, 0.1) is 17.2 Å². The van der Waals surface area contributed by atoms with Crippen molar-refractivity contribution in [2.24, 2.45) is 5.73 Å². The van der Waals surface area contributed by atoms with Gasteiger partial charge in [0.2, 0.25) is 5.91 Å². The summed E-state index contributed by atoms with van der Waals surface area (Å²) in [5.74, 6) is 0.335. The highest BCUT2D eigenvalue weighted by atomic mass is 35.5. The van der Waals surface area contributed by atoms with Gasteiger partial charge in [-0.05, 0) is 53.3 Å². The van der Waals surface area contributed by atoms with Crippen LogP contribution in [0.1, 0.15) is 46.6 Å². The molecule has 4 nitrogen and oxygen atoms in total. The predicted molar refractivity (Wildman–Crippen MR) is 161 cm³/mol. The summed E-state index contributed by atoms with van der Waals surface area (Å²) in [5.41, 5.74) is 8.06. The molecule has 0 spiro atoms. The summed E-state index contributed by atoms with van der Waals surface area (Å²) in [6.45, 7) is 1.81. The van der Waals surface area contributed by atoms with Gasteiger partial charge in [0.1, 0.15) is 5.75 Å². The maximum absolute atomic E-state index is 13.6. The molecule has 0 radical (unpaired) electrons. The molecule has 1 amide bonds. The van der Waals surface area contributed by atoms with Gasteiger partial charge in [-0.15, -0.1) is 0 Å². The fraction of sp³-hybridized carbons (Fsp3) is 0.265. The minimum atomic E-state index is -4.53. The van der Waals surface area contributed by atoms with E-state index in [9.17, 15) is 18.0 Å². The van der Waals surface area contributed by atoms with Gasteiger partial charge in [-0.2, -0.15) is 13.2 Å². The van der Waals surface area contributed by atoms with Gasteiger partial charge in [0.15, 0.2) is 0 Å². The fourth-order valence-corrected chi connectivity index (χ4v) is 5.26. The molecule has 0 bridgehead atoms. The van der Waals surface area contributed by atoms with Crippen LogP contribution in [0.3, 0.4) is 0 Å². The van der Waals surface area contributed by atoms with Crippen LogP contribution in [-0.4, -0.2) is 30.5 Å². The molecule has 8 heteroatoms. The Bertz CT molecular complexity index is 1390. The van der Waals surface area contributed by atoms with Crippen molar-refractivity contribution in [2.45, 2.75) is 37.9 Å². The van der Waals surface area contributed by atoms with Crippen molar-refractivity contribution in [1.29, 1.82) is 0 Å². The number of nitrogens with zero attached hydrogens (tertiary/aromatic N) is 1. The third kappa shape index (κ3) is 9.10. The molecule has 0 heterocycles. The topological polar surface area (TPSA) is 55.6 Å².